The van der Waals surface area contributed by atoms with Gasteiger partial charge in [0.25, 0.3) is 0 Å². The van der Waals surface area contributed by atoms with E-state index in [4.69, 9.17) is 5.11 Å². The summed E-state index contributed by atoms with van der Waals surface area (Å²) in [4.78, 5) is 28.4. The molecular weight excluding hydrogens is 374 g/mol. The standard InChI is InChI=1S/C18H14F2N4O4/c19-11-4-9(3-10(5-11)17(25)26)14-6-12(20)8-23(14)15-1-2-24-16(22-15)13(7-21-24)18(27)28/h1-5,7,12,14H,6,8H2,(H,25,26)(H,27,28)/t12-,14?/m0/s1. The number of aromatic nitrogens is 3. The molecule has 1 aliphatic heterocycles. The number of rotatable bonds is 4. The van der Waals surface area contributed by atoms with Gasteiger partial charge in [-0.05, 0) is 29.8 Å². The number of benzene rings is 1. The van der Waals surface area contributed by atoms with Crippen molar-refractivity contribution in [2.45, 2.75) is 18.6 Å². The number of hydrogen-bond acceptors (Lipinski definition) is 5. The Morgan fingerprint density at radius 1 is 1.18 bits per heavy atom. The highest BCUT2D eigenvalue weighted by Crippen LogP contribution is 2.37. The van der Waals surface area contributed by atoms with E-state index in [2.05, 4.69) is 10.1 Å². The van der Waals surface area contributed by atoms with E-state index in [1.807, 2.05) is 0 Å². The van der Waals surface area contributed by atoms with Crippen LogP contribution in [-0.4, -0.2) is 49.5 Å². The van der Waals surface area contributed by atoms with E-state index in [0.717, 1.165) is 6.07 Å². The Morgan fingerprint density at radius 3 is 2.68 bits per heavy atom. The van der Waals surface area contributed by atoms with Gasteiger partial charge >= 0.3 is 11.9 Å². The minimum Gasteiger partial charge on any atom is -0.478 e. The topological polar surface area (TPSA) is 108 Å². The number of fused-ring (bicyclic) bond motifs is 1. The molecule has 8 nitrogen and oxygen atoms in total. The molecule has 10 heteroatoms. The zero-order valence-corrected chi connectivity index (χ0v) is 14.3. The first-order chi connectivity index (χ1) is 13.3. The third-order valence-corrected chi connectivity index (χ3v) is 4.68. The second-order valence-corrected chi connectivity index (χ2v) is 6.50. The summed E-state index contributed by atoms with van der Waals surface area (Å²) in [5, 5.41) is 22.3. The fourth-order valence-corrected chi connectivity index (χ4v) is 3.45. The number of anilines is 1. The number of carboxylic acid groups (broad SMARTS) is 2. The molecule has 1 unspecified atom stereocenters. The minimum absolute atomic E-state index is 0.0282. The van der Waals surface area contributed by atoms with Gasteiger partial charge in [-0.2, -0.15) is 5.10 Å². The Kier molecular flexibility index (Phi) is 4.17. The lowest BCUT2D eigenvalue weighted by Crippen LogP contribution is -2.25. The highest BCUT2D eigenvalue weighted by atomic mass is 19.1. The summed E-state index contributed by atoms with van der Waals surface area (Å²) in [5.41, 5.74) is 0.0700. The second kappa shape index (κ2) is 6.55. The SMILES string of the molecule is O=C(O)c1cc(F)cc(C2C[C@H](F)CN2c2ccn3ncc(C(=O)O)c3n2)c1. The predicted molar refractivity (Wildman–Crippen MR) is 92.9 cm³/mol. The maximum Gasteiger partial charge on any atom is 0.341 e. The van der Waals surface area contributed by atoms with Crippen LogP contribution in [-0.2, 0) is 0 Å². The number of hydrogen-bond donors (Lipinski definition) is 2. The van der Waals surface area contributed by atoms with Crippen LogP contribution in [0.2, 0.25) is 0 Å². The third kappa shape index (κ3) is 3.02. The summed E-state index contributed by atoms with van der Waals surface area (Å²) in [6.45, 7) is -0.0384. The van der Waals surface area contributed by atoms with E-state index in [1.54, 1.807) is 11.0 Å². The van der Waals surface area contributed by atoms with Crippen LogP contribution in [0, 0.1) is 5.82 Å². The first kappa shape index (κ1) is 17.8. The molecule has 3 aromatic rings. The Balaban J connectivity index is 1.78. The lowest BCUT2D eigenvalue weighted by atomic mass is 10.0. The Labute approximate surface area is 156 Å². The predicted octanol–water partition coefficient (Wildman–Crippen LogP) is 2.55. The molecule has 0 amide bonds. The molecule has 0 bridgehead atoms. The average molecular weight is 388 g/mol. The van der Waals surface area contributed by atoms with Crippen LogP contribution in [0.4, 0.5) is 14.6 Å². The molecular formula is C18H14F2N4O4. The van der Waals surface area contributed by atoms with E-state index in [9.17, 15) is 23.5 Å². The maximum absolute atomic E-state index is 14.2. The highest BCUT2D eigenvalue weighted by molar-refractivity contribution is 5.94. The number of carbonyl (C=O) groups is 2. The van der Waals surface area contributed by atoms with Crippen molar-refractivity contribution in [3.05, 3.63) is 59.2 Å². The van der Waals surface area contributed by atoms with Crippen molar-refractivity contribution in [1.29, 1.82) is 0 Å². The zero-order chi connectivity index (χ0) is 20.0. The molecule has 144 valence electrons. The molecule has 0 aliphatic carbocycles. The van der Waals surface area contributed by atoms with Crippen molar-refractivity contribution < 1.29 is 28.6 Å². The first-order valence-corrected chi connectivity index (χ1v) is 8.35. The number of nitrogens with zero attached hydrogens (tertiary/aromatic N) is 4. The molecule has 4 rings (SSSR count). The zero-order valence-electron chi connectivity index (χ0n) is 14.3. The molecule has 1 aliphatic rings. The normalized spacial score (nSPS) is 19.3. The summed E-state index contributed by atoms with van der Waals surface area (Å²) in [7, 11) is 0. The van der Waals surface area contributed by atoms with E-state index in [-0.39, 0.29) is 29.7 Å². The van der Waals surface area contributed by atoms with Gasteiger partial charge in [0, 0.05) is 12.6 Å². The quantitative estimate of drug-likeness (QED) is 0.707. The van der Waals surface area contributed by atoms with Crippen LogP contribution in [0.15, 0.2) is 36.7 Å². The Bertz CT molecular complexity index is 1100. The summed E-state index contributed by atoms with van der Waals surface area (Å²) in [5.74, 6) is -2.92. The summed E-state index contributed by atoms with van der Waals surface area (Å²) in [6.07, 6.45) is 1.46. The lowest BCUT2D eigenvalue weighted by molar-refractivity contribution is 0.0686. The molecule has 1 saturated heterocycles. The highest BCUT2D eigenvalue weighted by Gasteiger charge is 2.35. The molecule has 2 atom stereocenters. The van der Waals surface area contributed by atoms with Gasteiger partial charge in [-0.25, -0.2) is 27.9 Å². The second-order valence-electron chi connectivity index (χ2n) is 6.50. The molecule has 2 N–H and O–H groups in total. The fourth-order valence-electron chi connectivity index (χ4n) is 3.45. The summed E-state index contributed by atoms with van der Waals surface area (Å²) < 4.78 is 29.4. The molecule has 28 heavy (non-hydrogen) atoms. The van der Waals surface area contributed by atoms with Gasteiger partial charge in [0.2, 0.25) is 0 Å². The monoisotopic (exact) mass is 388 g/mol. The molecule has 0 radical (unpaired) electrons. The van der Waals surface area contributed by atoms with Crippen molar-refractivity contribution in [2.75, 3.05) is 11.4 Å². The van der Waals surface area contributed by atoms with Crippen LogP contribution in [0.1, 0.15) is 38.7 Å². The fraction of sp³-hybridized carbons (Fsp3) is 0.222. The number of halogens is 2. The van der Waals surface area contributed by atoms with E-state index in [0.29, 0.717) is 11.4 Å². The molecule has 3 heterocycles. The smallest absolute Gasteiger partial charge is 0.341 e. The van der Waals surface area contributed by atoms with Crippen LogP contribution in [0.5, 0.6) is 0 Å². The largest absolute Gasteiger partial charge is 0.478 e. The average Bonchev–Trinajstić information content (AvgIpc) is 3.24. The number of carboxylic acids is 2. The molecule has 1 aromatic carbocycles. The van der Waals surface area contributed by atoms with Crippen molar-refractivity contribution in [3.8, 4) is 0 Å². The van der Waals surface area contributed by atoms with E-state index in [1.165, 1.54) is 29.0 Å². The van der Waals surface area contributed by atoms with E-state index < -0.39 is 30.0 Å². The van der Waals surface area contributed by atoms with Crippen molar-refractivity contribution in [1.82, 2.24) is 14.6 Å². The van der Waals surface area contributed by atoms with Gasteiger partial charge in [0.05, 0.1) is 24.3 Å². The van der Waals surface area contributed by atoms with Crippen LogP contribution < -0.4 is 4.90 Å². The van der Waals surface area contributed by atoms with Crippen molar-refractivity contribution >= 4 is 23.4 Å². The van der Waals surface area contributed by atoms with Gasteiger partial charge < -0.3 is 15.1 Å². The number of aromatic carboxylic acids is 2. The van der Waals surface area contributed by atoms with Gasteiger partial charge in [-0.15, -0.1) is 0 Å². The van der Waals surface area contributed by atoms with Crippen LogP contribution >= 0.6 is 0 Å². The van der Waals surface area contributed by atoms with Crippen LogP contribution in [0.3, 0.4) is 0 Å². The third-order valence-electron chi connectivity index (χ3n) is 4.68. The minimum atomic E-state index is -1.29. The number of alkyl halides is 1. The van der Waals surface area contributed by atoms with Gasteiger partial charge in [-0.1, -0.05) is 0 Å². The van der Waals surface area contributed by atoms with Crippen LogP contribution in [0.25, 0.3) is 5.65 Å². The molecule has 0 saturated carbocycles. The van der Waals surface area contributed by atoms with Gasteiger partial charge in [0.1, 0.15) is 23.4 Å². The van der Waals surface area contributed by atoms with Gasteiger partial charge in [-0.3, -0.25) is 0 Å². The maximum atomic E-state index is 14.2. The Hall–Kier alpha value is -3.56. The summed E-state index contributed by atoms with van der Waals surface area (Å²) in [6, 6.07) is 4.28. The first-order valence-electron chi connectivity index (χ1n) is 8.35. The Morgan fingerprint density at radius 2 is 1.96 bits per heavy atom. The van der Waals surface area contributed by atoms with Gasteiger partial charge in [0.15, 0.2) is 5.65 Å². The van der Waals surface area contributed by atoms with E-state index >= 15 is 0 Å². The molecule has 0 spiro atoms. The van der Waals surface area contributed by atoms with Crippen molar-refractivity contribution in [3.63, 3.8) is 0 Å². The van der Waals surface area contributed by atoms with Crippen molar-refractivity contribution in [2.24, 2.45) is 0 Å². The summed E-state index contributed by atoms with van der Waals surface area (Å²) >= 11 is 0. The molecule has 1 fully saturated rings. The lowest BCUT2D eigenvalue weighted by Gasteiger charge is -2.26. The molecule has 2 aromatic heterocycles.